The van der Waals surface area contributed by atoms with Crippen LogP contribution in [0.25, 0.3) is 11.0 Å². The number of methoxy groups -OCH3 is 1. The summed E-state index contributed by atoms with van der Waals surface area (Å²) < 4.78 is 54.0. The third kappa shape index (κ3) is 7.87. The lowest BCUT2D eigenvalue weighted by Gasteiger charge is -2.25. The molecule has 7 atom stereocenters. The first kappa shape index (κ1) is 34.6. The number of aliphatic hydroxyl groups is 2. The lowest BCUT2D eigenvalue weighted by molar-refractivity contribution is -0.142. The first-order valence-electron chi connectivity index (χ1n) is 14.1. The van der Waals surface area contributed by atoms with Gasteiger partial charge >= 0.3 is 19.5 Å². The number of hydrogen-bond acceptors (Lipinski definition) is 13. The molecule has 3 unspecified atom stereocenters. The number of ether oxygens (including phenoxy) is 2. The Labute approximate surface area is 266 Å². The van der Waals surface area contributed by atoms with E-state index in [1.165, 1.54) is 6.92 Å². The Morgan fingerprint density at radius 3 is 2.49 bits per heavy atom. The monoisotopic (exact) mass is 694 g/mol. The quantitative estimate of drug-likeness (QED) is 0.115. The highest BCUT2D eigenvalue weighted by Crippen LogP contribution is 2.62. The molecule has 5 rings (SSSR count). The van der Waals surface area contributed by atoms with Crippen LogP contribution in [0.1, 0.15) is 24.4 Å². The SMILES string of the molecule is COC(=O)C(C)NP(=O)(Cc1ccccc1)OP(=O)(O)OC[C@H]1O[C@@H](n2ccc(=O)n(Cc3noc4ccccc34)c2=O)[C@@H](O)[C@H]1O. The number of benzene rings is 2. The van der Waals surface area contributed by atoms with Gasteiger partial charge in [0.2, 0.25) is 0 Å². The van der Waals surface area contributed by atoms with Gasteiger partial charge in [-0.3, -0.25) is 27.8 Å². The minimum absolute atomic E-state index is 0.274. The zero-order valence-electron chi connectivity index (χ0n) is 25.0. The number of para-hydroxylation sites is 1. The average molecular weight is 695 g/mol. The van der Waals surface area contributed by atoms with Gasteiger partial charge in [-0.1, -0.05) is 47.6 Å². The van der Waals surface area contributed by atoms with Crippen LogP contribution in [0.4, 0.5) is 0 Å². The molecule has 0 aliphatic carbocycles. The van der Waals surface area contributed by atoms with Crippen LogP contribution in [0.15, 0.2) is 81.0 Å². The van der Waals surface area contributed by atoms with Crippen LogP contribution in [0.3, 0.4) is 0 Å². The number of rotatable bonds is 13. The van der Waals surface area contributed by atoms with Crippen LogP contribution in [0.5, 0.6) is 0 Å². The molecule has 1 aliphatic heterocycles. The number of hydrogen-bond donors (Lipinski definition) is 4. The van der Waals surface area contributed by atoms with Crippen molar-refractivity contribution in [2.75, 3.05) is 13.7 Å². The van der Waals surface area contributed by atoms with Gasteiger partial charge in [-0.05, 0) is 24.6 Å². The number of phosphoric acid groups is 1. The zero-order chi connectivity index (χ0) is 33.9. The molecule has 4 aromatic rings. The number of carbonyl (C=O) groups excluding carboxylic acids is 1. The number of nitrogens with zero attached hydrogens (tertiary/aromatic N) is 3. The predicted octanol–water partition coefficient (Wildman–Crippen LogP) is 1.50. The second-order valence-corrected chi connectivity index (χ2v) is 14.4. The summed E-state index contributed by atoms with van der Waals surface area (Å²) in [6.07, 6.45) is -5.85. The molecular formula is C28H32N4O13P2. The van der Waals surface area contributed by atoms with E-state index in [4.69, 9.17) is 18.1 Å². The van der Waals surface area contributed by atoms with Crippen LogP contribution in [0, 0.1) is 0 Å². The van der Waals surface area contributed by atoms with Gasteiger partial charge in [0.15, 0.2) is 11.8 Å². The highest BCUT2D eigenvalue weighted by atomic mass is 31.3. The van der Waals surface area contributed by atoms with E-state index in [-0.39, 0.29) is 6.54 Å². The molecule has 4 N–H and O–H groups in total. The molecule has 0 bridgehead atoms. The molecule has 0 amide bonds. The fourth-order valence-electron chi connectivity index (χ4n) is 4.97. The first-order chi connectivity index (χ1) is 22.3. The van der Waals surface area contributed by atoms with E-state index in [1.807, 2.05) is 0 Å². The van der Waals surface area contributed by atoms with Crippen molar-refractivity contribution in [1.82, 2.24) is 19.4 Å². The van der Waals surface area contributed by atoms with Gasteiger partial charge in [-0.25, -0.2) is 18.8 Å². The van der Waals surface area contributed by atoms with Crippen molar-refractivity contribution in [3.63, 3.8) is 0 Å². The highest BCUT2D eigenvalue weighted by Gasteiger charge is 2.46. The molecule has 3 heterocycles. The van der Waals surface area contributed by atoms with Crippen LogP contribution >= 0.6 is 15.3 Å². The summed E-state index contributed by atoms with van der Waals surface area (Å²) in [6.45, 7) is 0.184. The summed E-state index contributed by atoms with van der Waals surface area (Å²) in [4.78, 5) is 48.5. The maximum Gasteiger partial charge on any atom is 0.478 e. The van der Waals surface area contributed by atoms with Crippen molar-refractivity contribution in [2.24, 2.45) is 0 Å². The number of aliphatic hydroxyl groups excluding tert-OH is 2. The summed E-state index contributed by atoms with van der Waals surface area (Å²) in [5.74, 6) is -0.811. The van der Waals surface area contributed by atoms with Crippen molar-refractivity contribution in [3.05, 3.63) is 99.0 Å². The third-order valence-corrected chi connectivity index (χ3v) is 11.2. The number of fused-ring (bicyclic) bond motifs is 1. The summed E-state index contributed by atoms with van der Waals surface area (Å²) in [7, 11) is -8.41. The van der Waals surface area contributed by atoms with E-state index in [2.05, 4.69) is 15.0 Å². The van der Waals surface area contributed by atoms with Gasteiger partial charge in [-0.15, -0.1) is 0 Å². The second-order valence-electron chi connectivity index (χ2n) is 10.6. The van der Waals surface area contributed by atoms with Crippen molar-refractivity contribution >= 4 is 32.3 Å². The van der Waals surface area contributed by atoms with Gasteiger partial charge in [0.1, 0.15) is 30.0 Å². The van der Waals surface area contributed by atoms with Crippen molar-refractivity contribution in [3.8, 4) is 0 Å². The molecule has 47 heavy (non-hydrogen) atoms. The average Bonchev–Trinajstić information content (AvgIpc) is 3.57. The molecule has 252 valence electrons. The minimum atomic E-state index is -5.19. The molecule has 0 saturated carbocycles. The Morgan fingerprint density at radius 2 is 1.77 bits per heavy atom. The van der Waals surface area contributed by atoms with E-state index in [0.29, 0.717) is 22.2 Å². The molecule has 17 nitrogen and oxygen atoms in total. The summed E-state index contributed by atoms with van der Waals surface area (Å²) in [5.41, 5.74) is -0.395. The van der Waals surface area contributed by atoms with Gasteiger partial charge in [-0.2, -0.15) is 0 Å². The van der Waals surface area contributed by atoms with Crippen molar-refractivity contribution in [2.45, 2.75) is 50.2 Å². The molecule has 1 aliphatic rings. The van der Waals surface area contributed by atoms with E-state index < -0.39 is 75.9 Å². The van der Waals surface area contributed by atoms with E-state index in [9.17, 15) is 38.6 Å². The normalized spacial score (nSPS) is 22.8. The van der Waals surface area contributed by atoms with Gasteiger partial charge < -0.3 is 29.1 Å². The molecule has 2 aromatic heterocycles. The van der Waals surface area contributed by atoms with Gasteiger partial charge in [0, 0.05) is 17.6 Å². The van der Waals surface area contributed by atoms with Crippen LogP contribution in [0.2, 0.25) is 0 Å². The lowest BCUT2D eigenvalue weighted by Crippen LogP contribution is -2.43. The third-order valence-electron chi connectivity index (χ3n) is 7.28. The smallest absolute Gasteiger partial charge is 0.468 e. The zero-order valence-corrected chi connectivity index (χ0v) is 26.8. The number of carbonyl (C=O) groups is 1. The predicted molar refractivity (Wildman–Crippen MR) is 163 cm³/mol. The molecule has 1 saturated heterocycles. The highest BCUT2D eigenvalue weighted by molar-refractivity contribution is 7.65. The standard InChI is InChI=1S/C28H32N4O13P2/c1-17(27(36)41-2)30-46(38,16-18-8-4-3-5-9-18)45-47(39,40)42-15-22-24(34)25(35)26(43-22)31-13-12-23(33)32(28(31)37)14-20-19-10-6-7-11-21(19)44-29-20/h3-13,17,22,24-26,34-35H,14-16H2,1-2H3,(H,30,38)(H,39,40)/t17?,22-,24+,25+,26-,46?/m1/s1. The Hall–Kier alpha value is -3.76. The fourth-order valence-corrected chi connectivity index (χ4v) is 8.73. The minimum Gasteiger partial charge on any atom is -0.468 e. The molecule has 0 spiro atoms. The van der Waals surface area contributed by atoms with E-state index in [0.717, 1.165) is 28.5 Å². The maximum atomic E-state index is 13.7. The lowest BCUT2D eigenvalue weighted by atomic mass is 10.1. The Morgan fingerprint density at radius 1 is 1.06 bits per heavy atom. The van der Waals surface area contributed by atoms with Crippen LogP contribution < -0.4 is 16.3 Å². The van der Waals surface area contributed by atoms with Gasteiger partial charge in [0.05, 0.1) is 26.4 Å². The van der Waals surface area contributed by atoms with Crippen molar-refractivity contribution < 1.29 is 51.9 Å². The van der Waals surface area contributed by atoms with Crippen LogP contribution in [-0.2, 0) is 44.9 Å². The largest absolute Gasteiger partial charge is 0.478 e. The topological polar surface area (TPSA) is 231 Å². The summed E-state index contributed by atoms with van der Waals surface area (Å²) in [6, 6.07) is 14.9. The Kier molecular flexibility index (Phi) is 10.4. The summed E-state index contributed by atoms with van der Waals surface area (Å²) in [5, 5.41) is 28.3. The number of esters is 1. The molecule has 1 fully saturated rings. The maximum absolute atomic E-state index is 13.7. The Bertz CT molecular complexity index is 1950. The summed E-state index contributed by atoms with van der Waals surface area (Å²) >= 11 is 0. The molecule has 19 heteroatoms. The first-order valence-corrected chi connectivity index (χ1v) is 17.5. The number of aromatic nitrogens is 3. The van der Waals surface area contributed by atoms with Crippen molar-refractivity contribution in [1.29, 1.82) is 0 Å². The van der Waals surface area contributed by atoms with Crippen LogP contribution in [-0.4, -0.2) is 73.4 Å². The van der Waals surface area contributed by atoms with Gasteiger partial charge in [0.25, 0.3) is 13.1 Å². The Balaban J connectivity index is 1.30. The molecule has 0 radical (unpaired) electrons. The van der Waals surface area contributed by atoms with E-state index >= 15 is 0 Å². The number of phosphoric ester groups is 1. The van der Waals surface area contributed by atoms with E-state index in [1.54, 1.807) is 54.6 Å². The fraction of sp³-hybridized carbons (Fsp3) is 0.357. The molecular weight excluding hydrogens is 662 g/mol. The molecule has 2 aromatic carbocycles. The second kappa shape index (κ2) is 14.2. The number of nitrogens with one attached hydrogen (secondary N) is 1.